The fourth-order valence-corrected chi connectivity index (χ4v) is 2.87. The quantitative estimate of drug-likeness (QED) is 0.654. The third-order valence-corrected chi connectivity index (χ3v) is 3.25. The fraction of sp³-hybridized carbons (Fsp3) is 0.692. The number of carbonyl (C=O) groups is 2. The summed E-state index contributed by atoms with van der Waals surface area (Å²) in [5.41, 5.74) is -0.189. The van der Waals surface area contributed by atoms with Crippen molar-refractivity contribution in [2.24, 2.45) is 17.3 Å². The van der Waals surface area contributed by atoms with Crippen LogP contribution in [0.1, 0.15) is 40.5 Å². The van der Waals surface area contributed by atoms with E-state index in [0.717, 1.165) is 0 Å². The van der Waals surface area contributed by atoms with Crippen molar-refractivity contribution in [2.45, 2.75) is 40.5 Å². The average molecular weight is 208 g/mol. The Kier molecular flexibility index (Phi) is 3.48. The van der Waals surface area contributed by atoms with Crippen LogP contribution in [0, 0.1) is 17.3 Å². The van der Waals surface area contributed by atoms with Gasteiger partial charge in [-0.15, -0.1) is 0 Å². The van der Waals surface area contributed by atoms with E-state index in [9.17, 15) is 9.59 Å². The molecule has 2 heteroatoms. The third-order valence-electron chi connectivity index (χ3n) is 3.25. The second-order valence-corrected chi connectivity index (χ2v) is 5.27. The fourth-order valence-electron chi connectivity index (χ4n) is 2.87. The molecule has 0 spiro atoms. The molecule has 1 rings (SSSR count). The van der Waals surface area contributed by atoms with Gasteiger partial charge in [-0.1, -0.05) is 26.8 Å². The summed E-state index contributed by atoms with van der Waals surface area (Å²) >= 11 is 0. The second-order valence-electron chi connectivity index (χ2n) is 5.27. The summed E-state index contributed by atoms with van der Waals surface area (Å²) in [6.45, 7) is 7.90. The maximum atomic E-state index is 11.9. The number of ketones is 2. The molecule has 0 aliphatic heterocycles. The third kappa shape index (κ3) is 2.55. The van der Waals surface area contributed by atoms with Crippen LogP contribution in [0.2, 0.25) is 0 Å². The Labute approximate surface area is 91.7 Å². The molecule has 1 fully saturated rings. The van der Waals surface area contributed by atoms with Gasteiger partial charge in [0, 0.05) is 18.8 Å². The molecule has 1 aliphatic carbocycles. The minimum Gasteiger partial charge on any atom is -0.300 e. The Bertz CT molecular complexity index is 300. The molecule has 1 aliphatic rings. The molecule has 2 nitrogen and oxygen atoms in total. The average Bonchev–Trinajstić information content (AvgIpc) is 1.99. The number of carbonyl (C=O) groups excluding carboxylic acids is 2. The standard InChI is InChI=1S/C13H20O2/c1-5-6-11(15)12-9(2)7-10(14)8-13(12,3)4/h5-6,9,12H,7-8H2,1-4H3/b6-5+. The highest BCUT2D eigenvalue weighted by Crippen LogP contribution is 2.42. The molecule has 15 heavy (non-hydrogen) atoms. The summed E-state index contributed by atoms with van der Waals surface area (Å²) in [6, 6.07) is 0. The van der Waals surface area contributed by atoms with Gasteiger partial charge >= 0.3 is 0 Å². The molecule has 0 radical (unpaired) electrons. The van der Waals surface area contributed by atoms with Gasteiger partial charge in [-0.05, 0) is 24.3 Å². The van der Waals surface area contributed by atoms with Crippen LogP contribution in [0.15, 0.2) is 12.2 Å². The molecule has 0 N–H and O–H groups in total. The van der Waals surface area contributed by atoms with Crippen LogP contribution >= 0.6 is 0 Å². The Hall–Kier alpha value is -0.920. The van der Waals surface area contributed by atoms with Crippen LogP contribution in [-0.2, 0) is 9.59 Å². The Morgan fingerprint density at radius 3 is 2.53 bits per heavy atom. The zero-order chi connectivity index (χ0) is 11.6. The minimum absolute atomic E-state index is 0.00796. The predicted octanol–water partition coefficient (Wildman–Crippen LogP) is 2.77. The van der Waals surface area contributed by atoms with Gasteiger partial charge in [-0.3, -0.25) is 9.59 Å². The van der Waals surface area contributed by atoms with Gasteiger partial charge in [0.1, 0.15) is 5.78 Å². The van der Waals surface area contributed by atoms with Crippen molar-refractivity contribution in [3.8, 4) is 0 Å². The normalized spacial score (nSPS) is 30.8. The smallest absolute Gasteiger partial charge is 0.159 e. The summed E-state index contributed by atoms with van der Waals surface area (Å²) in [5.74, 6) is 0.621. The lowest BCUT2D eigenvalue weighted by atomic mass is 9.62. The molecular formula is C13H20O2. The van der Waals surface area contributed by atoms with Crippen molar-refractivity contribution in [1.82, 2.24) is 0 Å². The molecule has 0 heterocycles. The van der Waals surface area contributed by atoms with Crippen LogP contribution in [0.5, 0.6) is 0 Å². The van der Waals surface area contributed by atoms with E-state index in [1.54, 1.807) is 12.2 Å². The van der Waals surface area contributed by atoms with Crippen molar-refractivity contribution in [1.29, 1.82) is 0 Å². The highest BCUT2D eigenvalue weighted by Gasteiger charge is 2.43. The van der Waals surface area contributed by atoms with E-state index in [0.29, 0.717) is 12.8 Å². The van der Waals surface area contributed by atoms with Crippen LogP contribution in [0.25, 0.3) is 0 Å². The summed E-state index contributed by atoms with van der Waals surface area (Å²) in [7, 11) is 0. The van der Waals surface area contributed by atoms with Gasteiger partial charge in [0.15, 0.2) is 5.78 Å². The summed E-state index contributed by atoms with van der Waals surface area (Å²) < 4.78 is 0. The van der Waals surface area contributed by atoms with E-state index in [1.807, 2.05) is 27.7 Å². The van der Waals surface area contributed by atoms with E-state index < -0.39 is 0 Å². The van der Waals surface area contributed by atoms with E-state index in [4.69, 9.17) is 0 Å². The highest BCUT2D eigenvalue weighted by atomic mass is 16.1. The number of hydrogen-bond acceptors (Lipinski definition) is 2. The zero-order valence-corrected chi connectivity index (χ0v) is 10.0. The van der Waals surface area contributed by atoms with Gasteiger partial charge in [0.2, 0.25) is 0 Å². The lowest BCUT2D eigenvalue weighted by molar-refractivity contribution is -0.134. The van der Waals surface area contributed by atoms with Crippen LogP contribution in [0.4, 0.5) is 0 Å². The molecule has 2 atom stereocenters. The molecule has 1 saturated carbocycles. The van der Waals surface area contributed by atoms with Gasteiger partial charge in [0.05, 0.1) is 0 Å². The van der Waals surface area contributed by atoms with E-state index in [2.05, 4.69) is 0 Å². The largest absolute Gasteiger partial charge is 0.300 e. The van der Waals surface area contributed by atoms with Crippen molar-refractivity contribution in [2.75, 3.05) is 0 Å². The van der Waals surface area contributed by atoms with E-state index >= 15 is 0 Å². The lowest BCUT2D eigenvalue weighted by Gasteiger charge is -2.40. The van der Waals surface area contributed by atoms with Crippen molar-refractivity contribution in [3.05, 3.63) is 12.2 Å². The minimum atomic E-state index is -0.189. The first-order valence-electron chi connectivity index (χ1n) is 5.56. The maximum absolute atomic E-state index is 11.9. The van der Waals surface area contributed by atoms with Crippen molar-refractivity contribution >= 4 is 11.6 Å². The topological polar surface area (TPSA) is 34.1 Å². The van der Waals surface area contributed by atoms with Crippen LogP contribution < -0.4 is 0 Å². The number of allylic oxidation sites excluding steroid dienone is 2. The Morgan fingerprint density at radius 2 is 2.07 bits per heavy atom. The molecule has 0 saturated heterocycles. The summed E-state index contributed by atoms with van der Waals surface area (Å²) in [5, 5.41) is 0. The first kappa shape index (κ1) is 12.2. The number of hydrogen-bond donors (Lipinski definition) is 0. The molecule has 2 unspecified atom stereocenters. The number of rotatable bonds is 2. The molecule has 0 bridgehead atoms. The van der Waals surface area contributed by atoms with E-state index in [1.165, 1.54) is 0 Å². The molecule has 0 amide bonds. The van der Waals surface area contributed by atoms with Gasteiger partial charge < -0.3 is 0 Å². The maximum Gasteiger partial charge on any atom is 0.159 e. The first-order chi connectivity index (χ1) is 6.88. The molecule has 0 aromatic carbocycles. The second kappa shape index (κ2) is 4.30. The molecule has 84 valence electrons. The SMILES string of the molecule is C/C=C/C(=O)C1C(C)CC(=O)CC1(C)C. The van der Waals surface area contributed by atoms with Gasteiger partial charge in [-0.25, -0.2) is 0 Å². The Morgan fingerprint density at radius 1 is 1.47 bits per heavy atom. The monoisotopic (exact) mass is 208 g/mol. The molecule has 0 aromatic heterocycles. The van der Waals surface area contributed by atoms with Crippen LogP contribution in [0.3, 0.4) is 0 Å². The summed E-state index contributed by atoms with van der Waals surface area (Å²) in [6.07, 6.45) is 4.50. The predicted molar refractivity (Wildman–Crippen MR) is 60.5 cm³/mol. The van der Waals surface area contributed by atoms with E-state index in [-0.39, 0.29) is 28.8 Å². The zero-order valence-electron chi connectivity index (χ0n) is 10.0. The van der Waals surface area contributed by atoms with Gasteiger partial charge in [0.25, 0.3) is 0 Å². The lowest BCUT2D eigenvalue weighted by Crippen LogP contribution is -2.42. The molecular weight excluding hydrogens is 188 g/mol. The highest BCUT2D eigenvalue weighted by molar-refractivity contribution is 5.94. The van der Waals surface area contributed by atoms with Crippen molar-refractivity contribution < 1.29 is 9.59 Å². The number of Topliss-reactive ketones (excluding diaryl/α,β-unsaturated/α-hetero) is 1. The first-order valence-corrected chi connectivity index (χ1v) is 5.56. The Balaban J connectivity index is 2.94. The molecule has 0 aromatic rings. The van der Waals surface area contributed by atoms with Crippen molar-refractivity contribution in [3.63, 3.8) is 0 Å². The van der Waals surface area contributed by atoms with Crippen LogP contribution in [-0.4, -0.2) is 11.6 Å². The summed E-state index contributed by atoms with van der Waals surface area (Å²) in [4.78, 5) is 23.4. The van der Waals surface area contributed by atoms with Gasteiger partial charge in [-0.2, -0.15) is 0 Å².